The van der Waals surface area contributed by atoms with Crippen LogP contribution in [0, 0.1) is 0 Å². The Kier molecular flexibility index (Phi) is 6.60. The maximum absolute atomic E-state index is 12.9. The zero-order chi connectivity index (χ0) is 20.2. The van der Waals surface area contributed by atoms with Crippen LogP contribution in [0.3, 0.4) is 0 Å². The van der Waals surface area contributed by atoms with Gasteiger partial charge in [-0.2, -0.15) is 0 Å². The predicted octanol–water partition coefficient (Wildman–Crippen LogP) is 3.00. The molecule has 2 aliphatic heterocycles. The smallest absolute Gasteiger partial charge is 0.234 e. The van der Waals surface area contributed by atoms with Crippen molar-refractivity contribution in [1.29, 1.82) is 0 Å². The molecule has 1 saturated heterocycles. The summed E-state index contributed by atoms with van der Waals surface area (Å²) >= 11 is 0. The number of carbonyl (C=O) groups excluding carboxylic acids is 2. The molecule has 0 spiro atoms. The fourth-order valence-corrected chi connectivity index (χ4v) is 5.32. The van der Waals surface area contributed by atoms with Crippen molar-refractivity contribution < 1.29 is 14.7 Å². The highest BCUT2D eigenvalue weighted by Gasteiger charge is 2.35. The standard InChI is InChI=1S/C23H33N3O3/c27-16-17-8-9-22-21(24-17)14-20(28)15-23(29)26(22)19-10-12-25(13-11-19)18-6-4-2-1-3-5-7-18/h8-9,18-19,27H,1-7,10-16H2. The number of hydrogen-bond donors (Lipinski definition) is 1. The first kappa shape index (κ1) is 20.5. The molecule has 0 radical (unpaired) electrons. The number of aliphatic hydroxyl groups is 1. The van der Waals surface area contributed by atoms with Gasteiger partial charge in [-0.3, -0.25) is 14.6 Å². The van der Waals surface area contributed by atoms with E-state index >= 15 is 0 Å². The Morgan fingerprint density at radius 3 is 2.28 bits per heavy atom. The van der Waals surface area contributed by atoms with Crippen LogP contribution < -0.4 is 4.90 Å². The van der Waals surface area contributed by atoms with Crippen molar-refractivity contribution in [3.8, 4) is 0 Å². The summed E-state index contributed by atoms with van der Waals surface area (Å²) in [6.07, 6.45) is 11.4. The zero-order valence-corrected chi connectivity index (χ0v) is 17.3. The minimum absolute atomic E-state index is 0.0480. The highest BCUT2D eigenvalue weighted by atomic mass is 16.3. The molecule has 1 aliphatic carbocycles. The van der Waals surface area contributed by atoms with E-state index in [1.807, 2.05) is 11.0 Å². The minimum atomic E-state index is -0.158. The number of aromatic nitrogens is 1. The van der Waals surface area contributed by atoms with E-state index in [2.05, 4.69) is 9.88 Å². The van der Waals surface area contributed by atoms with Gasteiger partial charge < -0.3 is 14.9 Å². The second kappa shape index (κ2) is 9.35. The van der Waals surface area contributed by atoms with Gasteiger partial charge in [-0.1, -0.05) is 32.1 Å². The molecule has 6 heteroatoms. The van der Waals surface area contributed by atoms with Crippen LogP contribution in [0.25, 0.3) is 0 Å². The van der Waals surface area contributed by atoms with E-state index in [0.717, 1.165) is 31.6 Å². The van der Waals surface area contributed by atoms with Crippen LogP contribution >= 0.6 is 0 Å². The van der Waals surface area contributed by atoms with Crippen molar-refractivity contribution in [1.82, 2.24) is 9.88 Å². The third-order valence-electron chi connectivity index (χ3n) is 6.87. The van der Waals surface area contributed by atoms with Crippen molar-refractivity contribution in [2.24, 2.45) is 0 Å². The van der Waals surface area contributed by atoms with Crippen molar-refractivity contribution in [2.75, 3.05) is 18.0 Å². The van der Waals surface area contributed by atoms with Crippen molar-refractivity contribution >= 4 is 17.4 Å². The molecule has 2 fully saturated rings. The quantitative estimate of drug-likeness (QED) is 0.791. The molecule has 0 bridgehead atoms. The SMILES string of the molecule is O=C1CC(=O)N(C2CCN(C3CCCCCCC3)CC2)c2ccc(CO)nc2C1. The number of ketones is 1. The van der Waals surface area contributed by atoms with E-state index in [0.29, 0.717) is 17.4 Å². The summed E-state index contributed by atoms with van der Waals surface area (Å²) in [6, 6.07) is 4.45. The lowest BCUT2D eigenvalue weighted by Crippen LogP contribution is -2.50. The Morgan fingerprint density at radius 1 is 0.897 bits per heavy atom. The number of nitrogens with zero attached hydrogens (tertiary/aromatic N) is 3. The minimum Gasteiger partial charge on any atom is -0.390 e. The zero-order valence-electron chi connectivity index (χ0n) is 17.3. The lowest BCUT2D eigenvalue weighted by molar-refractivity contribution is -0.126. The van der Waals surface area contributed by atoms with Gasteiger partial charge in [-0.05, 0) is 37.8 Å². The topological polar surface area (TPSA) is 73.7 Å². The van der Waals surface area contributed by atoms with Gasteiger partial charge in [-0.15, -0.1) is 0 Å². The second-order valence-electron chi connectivity index (χ2n) is 8.85. The van der Waals surface area contributed by atoms with Crippen LogP contribution in [0.5, 0.6) is 0 Å². The van der Waals surface area contributed by atoms with Gasteiger partial charge in [0.1, 0.15) is 5.78 Å². The number of Topliss-reactive ketones (excluding diaryl/α,β-unsaturated/α-hetero) is 1. The molecule has 1 saturated carbocycles. The summed E-state index contributed by atoms with van der Waals surface area (Å²) in [7, 11) is 0. The highest BCUT2D eigenvalue weighted by Crippen LogP contribution is 2.32. The van der Waals surface area contributed by atoms with Gasteiger partial charge in [0.25, 0.3) is 0 Å². The number of likely N-dealkylation sites (tertiary alicyclic amines) is 1. The van der Waals surface area contributed by atoms with Gasteiger partial charge in [0.05, 0.1) is 36.5 Å². The molecule has 4 rings (SSSR count). The van der Waals surface area contributed by atoms with Crippen molar-refractivity contribution in [3.63, 3.8) is 0 Å². The molecule has 0 unspecified atom stereocenters. The van der Waals surface area contributed by atoms with Crippen LogP contribution in [-0.4, -0.2) is 51.9 Å². The molecule has 0 aromatic carbocycles. The molecular formula is C23H33N3O3. The summed E-state index contributed by atoms with van der Waals surface area (Å²) in [6.45, 7) is 1.88. The average molecular weight is 400 g/mol. The summed E-state index contributed by atoms with van der Waals surface area (Å²) in [5.74, 6) is -0.190. The Balaban J connectivity index is 1.48. The number of rotatable bonds is 3. The van der Waals surface area contributed by atoms with E-state index in [-0.39, 0.29) is 37.2 Å². The van der Waals surface area contributed by atoms with Gasteiger partial charge in [0.15, 0.2) is 0 Å². The first-order chi connectivity index (χ1) is 14.2. The number of carbonyl (C=O) groups is 2. The molecule has 3 aliphatic rings. The first-order valence-corrected chi connectivity index (χ1v) is 11.3. The average Bonchev–Trinajstić information content (AvgIpc) is 2.81. The second-order valence-corrected chi connectivity index (χ2v) is 8.85. The third-order valence-corrected chi connectivity index (χ3v) is 6.87. The molecule has 1 N–H and O–H groups in total. The third kappa shape index (κ3) is 4.69. The van der Waals surface area contributed by atoms with E-state index < -0.39 is 0 Å². The number of amides is 1. The van der Waals surface area contributed by atoms with E-state index in [1.54, 1.807) is 6.07 Å². The van der Waals surface area contributed by atoms with Crippen molar-refractivity contribution in [2.45, 2.75) is 89.3 Å². The maximum Gasteiger partial charge on any atom is 0.234 e. The molecule has 6 nitrogen and oxygen atoms in total. The Morgan fingerprint density at radius 2 is 1.59 bits per heavy atom. The molecule has 29 heavy (non-hydrogen) atoms. The van der Waals surface area contributed by atoms with E-state index in [9.17, 15) is 14.7 Å². The Hall–Kier alpha value is -1.79. The monoisotopic (exact) mass is 399 g/mol. The Labute approximate surface area is 173 Å². The van der Waals surface area contributed by atoms with Crippen LogP contribution in [0.4, 0.5) is 5.69 Å². The molecule has 1 aromatic rings. The Bertz CT molecular complexity index is 735. The van der Waals surface area contributed by atoms with Gasteiger partial charge in [0, 0.05) is 25.2 Å². The highest BCUT2D eigenvalue weighted by molar-refractivity contribution is 6.09. The number of hydrogen-bond acceptors (Lipinski definition) is 5. The normalized spacial score (nSPS) is 23.4. The fourth-order valence-electron chi connectivity index (χ4n) is 5.32. The van der Waals surface area contributed by atoms with E-state index in [1.165, 1.54) is 44.9 Å². The van der Waals surface area contributed by atoms with Crippen LogP contribution in [0.2, 0.25) is 0 Å². The van der Waals surface area contributed by atoms with Gasteiger partial charge in [-0.25, -0.2) is 0 Å². The summed E-state index contributed by atoms with van der Waals surface area (Å²) in [5.41, 5.74) is 1.95. The maximum atomic E-state index is 12.9. The number of aliphatic hydroxyl groups excluding tert-OH is 1. The van der Waals surface area contributed by atoms with Crippen LogP contribution in [0.1, 0.15) is 75.6 Å². The van der Waals surface area contributed by atoms with Gasteiger partial charge in [0.2, 0.25) is 5.91 Å². The number of piperidine rings is 1. The lowest BCUT2D eigenvalue weighted by atomic mass is 9.93. The predicted molar refractivity (Wildman–Crippen MR) is 112 cm³/mol. The van der Waals surface area contributed by atoms with Gasteiger partial charge >= 0.3 is 0 Å². The summed E-state index contributed by atoms with van der Waals surface area (Å²) in [4.78, 5) is 34.1. The van der Waals surface area contributed by atoms with Crippen molar-refractivity contribution in [3.05, 3.63) is 23.5 Å². The lowest BCUT2D eigenvalue weighted by Gasteiger charge is -2.42. The first-order valence-electron chi connectivity index (χ1n) is 11.3. The number of fused-ring (bicyclic) bond motifs is 1. The summed E-state index contributed by atoms with van der Waals surface area (Å²) in [5, 5.41) is 9.40. The fraction of sp³-hybridized carbons (Fsp3) is 0.696. The summed E-state index contributed by atoms with van der Waals surface area (Å²) < 4.78 is 0. The molecule has 158 valence electrons. The molecule has 3 heterocycles. The number of anilines is 1. The largest absolute Gasteiger partial charge is 0.390 e. The molecule has 0 atom stereocenters. The van der Waals surface area contributed by atoms with Crippen LogP contribution in [-0.2, 0) is 22.6 Å². The van der Waals surface area contributed by atoms with Crippen LogP contribution in [0.15, 0.2) is 12.1 Å². The molecule has 1 amide bonds. The molecular weight excluding hydrogens is 366 g/mol. The molecule has 1 aromatic heterocycles. The van der Waals surface area contributed by atoms with E-state index in [4.69, 9.17) is 0 Å². The number of pyridine rings is 1.